The molecule has 0 saturated carbocycles. The molecule has 5 heteroatoms. The summed E-state index contributed by atoms with van der Waals surface area (Å²) in [6.07, 6.45) is -4.59. The minimum absolute atomic E-state index is 0.385. The van der Waals surface area contributed by atoms with Crippen LogP contribution in [0.25, 0.3) is 0 Å². The van der Waals surface area contributed by atoms with E-state index in [1.54, 1.807) is 6.92 Å². The number of hydrogen-bond acceptors (Lipinski definition) is 2. The number of rotatable bonds is 3. The van der Waals surface area contributed by atoms with Crippen LogP contribution in [0, 0.1) is 0 Å². The van der Waals surface area contributed by atoms with Gasteiger partial charge < -0.3 is 0 Å². The van der Waals surface area contributed by atoms with E-state index in [1.807, 2.05) is 0 Å². The molecule has 0 heterocycles. The molecule has 0 fully saturated rings. The number of halogens is 3. The van der Waals surface area contributed by atoms with Gasteiger partial charge in [-0.3, -0.25) is 11.3 Å². The van der Waals surface area contributed by atoms with Gasteiger partial charge in [0.15, 0.2) is 0 Å². The zero-order valence-electron chi connectivity index (χ0n) is 5.70. The molecule has 2 nitrogen and oxygen atoms in total. The van der Waals surface area contributed by atoms with Gasteiger partial charge in [-0.15, -0.1) is 0 Å². The SMILES string of the molecule is CCC(CC(F)(F)F)NN. The molecule has 0 radical (unpaired) electrons. The minimum Gasteiger partial charge on any atom is -0.271 e. The molecule has 0 saturated heterocycles. The molecule has 1 unspecified atom stereocenters. The molecule has 0 spiro atoms. The van der Waals surface area contributed by atoms with Crippen LogP contribution >= 0.6 is 0 Å². The van der Waals surface area contributed by atoms with Crippen molar-refractivity contribution in [2.24, 2.45) is 5.84 Å². The molecule has 0 aromatic heterocycles. The molecule has 0 aliphatic heterocycles. The topological polar surface area (TPSA) is 38.0 Å². The lowest BCUT2D eigenvalue weighted by Gasteiger charge is -2.14. The predicted octanol–water partition coefficient (Wildman–Crippen LogP) is 1.18. The van der Waals surface area contributed by atoms with Crippen molar-refractivity contribution in [1.82, 2.24) is 5.43 Å². The molecule has 0 rings (SSSR count). The van der Waals surface area contributed by atoms with E-state index in [1.165, 1.54) is 0 Å². The lowest BCUT2D eigenvalue weighted by molar-refractivity contribution is -0.140. The third kappa shape index (κ3) is 4.58. The van der Waals surface area contributed by atoms with Crippen LogP contribution in [0.4, 0.5) is 13.2 Å². The summed E-state index contributed by atoms with van der Waals surface area (Å²) >= 11 is 0. The molecular formula is C5H11F3N2. The Balaban J connectivity index is 3.63. The van der Waals surface area contributed by atoms with Crippen LogP contribution in [0.1, 0.15) is 19.8 Å². The quantitative estimate of drug-likeness (QED) is 0.475. The van der Waals surface area contributed by atoms with Gasteiger partial charge in [0.25, 0.3) is 0 Å². The standard InChI is InChI=1S/C5H11F3N2/c1-2-4(10-9)3-5(6,7)8/h4,10H,2-3,9H2,1H3. The first-order valence-electron chi connectivity index (χ1n) is 3.02. The van der Waals surface area contributed by atoms with Crippen LogP contribution in [-0.2, 0) is 0 Å². The number of alkyl halides is 3. The third-order valence-electron chi connectivity index (χ3n) is 1.21. The maximum absolute atomic E-state index is 11.6. The maximum Gasteiger partial charge on any atom is 0.390 e. The Morgan fingerprint density at radius 3 is 2.10 bits per heavy atom. The van der Waals surface area contributed by atoms with E-state index in [0.29, 0.717) is 6.42 Å². The van der Waals surface area contributed by atoms with Gasteiger partial charge >= 0.3 is 6.18 Å². The number of hydrogen-bond donors (Lipinski definition) is 2. The van der Waals surface area contributed by atoms with Gasteiger partial charge in [0.05, 0.1) is 6.42 Å². The van der Waals surface area contributed by atoms with E-state index >= 15 is 0 Å². The van der Waals surface area contributed by atoms with Gasteiger partial charge in [-0.2, -0.15) is 13.2 Å². The molecule has 0 aliphatic rings. The first kappa shape index (κ1) is 9.71. The summed E-state index contributed by atoms with van der Waals surface area (Å²) in [4.78, 5) is 0. The third-order valence-corrected chi connectivity index (χ3v) is 1.21. The Bertz CT molecular complexity index is 87.4. The fourth-order valence-electron chi connectivity index (χ4n) is 0.601. The van der Waals surface area contributed by atoms with E-state index in [9.17, 15) is 13.2 Å². The highest BCUT2D eigenvalue weighted by Gasteiger charge is 2.30. The van der Waals surface area contributed by atoms with E-state index in [4.69, 9.17) is 5.84 Å². The van der Waals surface area contributed by atoms with E-state index in [2.05, 4.69) is 5.43 Å². The molecule has 1 atom stereocenters. The van der Waals surface area contributed by atoms with Crippen molar-refractivity contribution in [3.63, 3.8) is 0 Å². The lowest BCUT2D eigenvalue weighted by Crippen LogP contribution is -2.37. The fourth-order valence-corrected chi connectivity index (χ4v) is 0.601. The summed E-state index contributed by atoms with van der Waals surface area (Å²) in [5.74, 6) is 4.84. The van der Waals surface area contributed by atoms with Crippen molar-refractivity contribution in [3.8, 4) is 0 Å². The Morgan fingerprint density at radius 1 is 1.50 bits per heavy atom. The average Bonchev–Trinajstić information content (AvgIpc) is 1.81. The number of nitrogens with one attached hydrogen (secondary N) is 1. The maximum atomic E-state index is 11.6. The molecular weight excluding hydrogens is 145 g/mol. The van der Waals surface area contributed by atoms with Gasteiger partial charge in [0, 0.05) is 6.04 Å². The zero-order chi connectivity index (χ0) is 8.20. The van der Waals surface area contributed by atoms with Gasteiger partial charge in [0.2, 0.25) is 0 Å². The molecule has 62 valence electrons. The summed E-state index contributed by atoms with van der Waals surface area (Å²) in [6, 6.07) is -0.653. The molecule has 0 aliphatic carbocycles. The zero-order valence-corrected chi connectivity index (χ0v) is 5.70. The van der Waals surface area contributed by atoms with Crippen LogP contribution in [0.3, 0.4) is 0 Å². The van der Waals surface area contributed by atoms with E-state index in [0.717, 1.165) is 0 Å². The van der Waals surface area contributed by atoms with Crippen molar-refractivity contribution in [3.05, 3.63) is 0 Å². The summed E-state index contributed by atoms with van der Waals surface area (Å²) in [6.45, 7) is 1.65. The monoisotopic (exact) mass is 156 g/mol. The summed E-state index contributed by atoms with van der Waals surface area (Å²) in [5.41, 5.74) is 2.09. The van der Waals surface area contributed by atoms with Crippen LogP contribution < -0.4 is 11.3 Å². The highest BCUT2D eigenvalue weighted by Crippen LogP contribution is 2.21. The number of nitrogens with two attached hydrogens (primary N) is 1. The summed E-state index contributed by atoms with van der Waals surface area (Å²) in [5, 5.41) is 0. The minimum atomic E-state index is -4.12. The first-order valence-corrected chi connectivity index (χ1v) is 3.02. The first-order chi connectivity index (χ1) is 4.49. The van der Waals surface area contributed by atoms with Gasteiger partial charge in [-0.25, -0.2) is 0 Å². The Morgan fingerprint density at radius 2 is 2.00 bits per heavy atom. The van der Waals surface area contributed by atoms with Gasteiger partial charge in [-0.1, -0.05) is 6.92 Å². The fraction of sp³-hybridized carbons (Fsp3) is 1.00. The Labute approximate surface area is 57.6 Å². The van der Waals surface area contributed by atoms with Crippen molar-refractivity contribution >= 4 is 0 Å². The van der Waals surface area contributed by atoms with E-state index in [-0.39, 0.29) is 0 Å². The largest absolute Gasteiger partial charge is 0.390 e. The van der Waals surface area contributed by atoms with Crippen LogP contribution in [0.15, 0.2) is 0 Å². The summed E-state index contributed by atoms with van der Waals surface area (Å²) in [7, 11) is 0. The molecule has 3 N–H and O–H groups in total. The van der Waals surface area contributed by atoms with Crippen LogP contribution in [-0.4, -0.2) is 12.2 Å². The Kier molecular flexibility index (Phi) is 3.67. The normalized spacial score (nSPS) is 15.3. The molecule has 0 bridgehead atoms. The number of hydrazine groups is 1. The molecule has 0 aromatic rings. The van der Waals surface area contributed by atoms with Crippen molar-refractivity contribution in [2.75, 3.05) is 0 Å². The van der Waals surface area contributed by atoms with Crippen molar-refractivity contribution < 1.29 is 13.2 Å². The Hall–Kier alpha value is -0.290. The second-order valence-electron chi connectivity index (χ2n) is 2.09. The molecule has 0 aromatic carbocycles. The van der Waals surface area contributed by atoms with Crippen molar-refractivity contribution in [2.45, 2.75) is 32.0 Å². The molecule has 10 heavy (non-hydrogen) atoms. The van der Waals surface area contributed by atoms with E-state index < -0.39 is 18.6 Å². The smallest absolute Gasteiger partial charge is 0.271 e. The van der Waals surface area contributed by atoms with Crippen molar-refractivity contribution in [1.29, 1.82) is 0 Å². The van der Waals surface area contributed by atoms with Gasteiger partial charge in [-0.05, 0) is 6.42 Å². The second-order valence-corrected chi connectivity index (χ2v) is 2.09. The predicted molar refractivity (Wildman–Crippen MR) is 32.1 cm³/mol. The average molecular weight is 156 g/mol. The second kappa shape index (κ2) is 3.78. The van der Waals surface area contributed by atoms with Gasteiger partial charge in [0.1, 0.15) is 0 Å². The van der Waals surface area contributed by atoms with Crippen LogP contribution in [0.5, 0.6) is 0 Å². The highest BCUT2D eigenvalue weighted by atomic mass is 19.4. The highest BCUT2D eigenvalue weighted by molar-refractivity contribution is 4.65. The lowest BCUT2D eigenvalue weighted by atomic mass is 10.1. The van der Waals surface area contributed by atoms with Crippen LogP contribution in [0.2, 0.25) is 0 Å². The molecule has 0 amide bonds. The summed E-state index contributed by atoms with van der Waals surface area (Å²) < 4.78 is 34.8.